The largest absolute Gasteiger partial charge is 0.352 e. The fourth-order valence-electron chi connectivity index (χ4n) is 3.63. The lowest BCUT2D eigenvalue weighted by Gasteiger charge is -2.13. The molecule has 1 aromatic heterocycles. The van der Waals surface area contributed by atoms with E-state index in [4.69, 9.17) is 0 Å². The Morgan fingerprint density at radius 1 is 0.944 bits per heavy atom. The maximum Gasteiger partial charge on any atom is 0.352 e. The molecule has 3 aromatic carbocycles. The first-order valence-corrected chi connectivity index (χ1v) is 11.3. The Bertz CT molecular complexity index is 1510. The normalized spacial score (nSPS) is 11.0. The predicted octanol–water partition coefficient (Wildman–Crippen LogP) is 3.77. The third-order valence-electron chi connectivity index (χ3n) is 5.73. The minimum Gasteiger partial charge on any atom is -0.346 e. The van der Waals surface area contributed by atoms with Gasteiger partial charge in [-0.3, -0.25) is 14.2 Å². The molecule has 0 aliphatic heterocycles. The van der Waals surface area contributed by atoms with Crippen molar-refractivity contribution in [2.75, 3.05) is 0 Å². The second kappa shape index (κ2) is 10.5. The Balaban J connectivity index is 1.77. The van der Waals surface area contributed by atoms with Crippen LogP contribution in [-0.2, 0) is 13.1 Å². The fourth-order valence-corrected chi connectivity index (χ4v) is 3.63. The van der Waals surface area contributed by atoms with Gasteiger partial charge in [0.15, 0.2) is 0 Å². The summed E-state index contributed by atoms with van der Waals surface area (Å²) in [4.78, 5) is 39.4. The molecule has 36 heavy (non-hydrogen) atoms. The van der Waals surface area contributed by atoms with Crippen molar-refractivity contribution >= 4 is 5.91 Å². The molecule has 0 aliphatic carbocycles. The summed E-state index contributed by atoms with van der Waals surface area (Å²) in [5, 5.41) is 6.65. The summed E-state index contributed by atoms with van der Waals surface area (Å²) in [6.07, 6.45) is 0. The molecule has 1 N–H and O–H groups in total. The molecule has 0 radical (unpaired) electrons. The van der Waals surface area contributed by atoms with Crippen molar-refractivity contribution in [3.63, 3.8) is 0 Å². The van der Waals surface area contributed by atoms with Gasteiger partial charge in [-0.2, -0.15) is 9.78 Å². The van der Waals surface area contributed by atoms with E-state index in [1.54, 1.807) is 18.2 Å². The zero-order valence-corrected chi connectivity index (χ0v) is 19.7. The Hall–Kier alpha value is -4.40. The van der Waals surface area contributed by atoms with E-state index in [0.29, 0.717) is 11.3 Å². The summed E-state index contributed by atoms with van der Waals surface area (Å²) in [6.45, 7) is 3.68. The number of aromatic nitrogens is 3. The van der Waals surface area contributed by atoms with Crippen LogP contribution in [0.1, 0.15) is 46.9 Å². The lowest BCUT2D eigenvalue weighted by atomic mass is 10.0. The quantitative estimate of drug-likeness (QED) is 0.427. The lowest BCUT2D eigenvalue weighted by Crippen LogP contribution is -2.46. The maximum atomic E-state index is 14.3. The van der Waals surface area contributed by atoms with Crippen LogP contribution in [-0.4, -0.2) is 20.3 Å². The monoisotopic (exact) mass is 490 g/mol. The zero-order chi connectivity index (χ0) is 25.8. The first-order chi connectivity index (χ1) is 17.2. The predicted molar refractivity (Wildman–Crippen MR) is 131 cm³/mol. The van der Waals surface area contributed by atoms with Crippen LogP contribution in [0.4, 0.5) is 8.78 Å². The molecule has 0 fully saturated rings. The topological polar surface area (TPSA) is 86.0 Å². The van der Waals surface area contributed by atoms with Crippen molar-refractivity contribution in [2.45, 2.75) is 32.9 Å². The van der Waals surface area contributed by atoms with Gasteiger partial charge in [0.25, 0.3) is 11.5 Å². The highest BCUT2D eigenvalue weighted by Gasteiger charge is 2.21. The fraction of sp³-hybridized carbons (Fsp3) is 0.185. The highest BCUT2D eigenvalue weighted by Crippen LogP contribution is 2.16. The van der Waals surface area contributed by atoms with Crippen LogP contribution < -0.4 is 16.6 Å². The second-order valence-electron chi connectivity index (χ2n) is 8.58. The van der Waals surface area contributed by atoms with E-state index >= 15 is 0 Å². The third kappa shape index (κ3) is 5.30. The van der Waals surface area contributed by atoms with Crippen LogP contribution in [0.25, 0.3) is 5.69 Å². The summed E-state index contributed by atoms with van der Waals surface area (Å²) in [7, 11) is 0. The van der Waals surface area contributed by atoms with E-state index in [9.17, 15) is 23.2 Å². The molecule has 0 unspecified atom stereocenters. The zero-order valence-electron chi connectivity index (χ0n) is 19.7. The number of carbonyl (C=O) groups is 1. The number of hydrogen-bond donors (Lipinski definition) is 1. The van der Waals surface area contributed by atoms with E-state index in [0.717, 1.165) is 14.8 Å². The summed E-state index contributed by atoms with van der Waals surface area (Å²) >= 11 is 0. The standard InChI is InChI=1S/C27H24F2N4O3/c1-17(2)19-9-13-22(14-10-19)33-27(36)32(16-20-5-3-4-6-23(20)29)26(35)24(31-33)25(34)30-15-18-7-11-21(28)12-8-18/h3-14,17H,15-16H2,1-2H3,(H,30,34). The summed E-state index contributed by atoms with van der Waals surface area (Å²) in [5.41, 5.74) is -0.189. The molecule has 0 spiro atoms. The number of nitrogens with zero attached hydrogens (tertiary/aromatic N) is 3. The van der Waals surface area contributed by atoms with Gasteiger partial charge in [0.05, 0.1) is 12.2 Å². The molecule has 0 saturated carbocycles. The molecule has 0 atom stereocenters. The van der Waals surface area contributed by atoms with Crippen molar-refractivity contribution in [3.8, 4) is 5.69 Å². The second-order valence-corrected chi connectivity index (χ2v) is 8.58. The highest BCUT2D eigenvalue weighted by molar-refractivity contribution is 5.91. The molecule has 0 aliphatic rings. The molecule has 0 bridgehead atoms. The van der Waals surface area contributed by atoms with Gasteiger partial charge in [0.2, 0.25) is 5.69 Å². The summed E-state index contributed by atoms with van der Waals surface area (Å²) < 4.78 is 29.2. The van der Waals surface area contributed by atoms with E-state index < -0.39 is 34.5 Å². The number of halogens is 2. The SMILES string of the molecule is CC(C)c1ccc(-n2nc(C(=O)NCc3ccc(F)cc3)c(=O)n(Cc3ccccc3F)c2=O)cc1. The van der Waals surface area contributed by atoms with Crippen LogP contribution in [0.3, 0.4) is 0 Å². The van der Waals surface area contributed by atoms with E-state index in [-0.39, 0.29) is 24.6 Å². The highest BCUT2D eigenvalue weighted by atomic mass is 19.1. The number of benzene rings is 3. The Morgan fingerprint density at radius 2 is 1.61 bits per heavy atom. The molecule has 1 amide bonds. The number of carbonyl (C=O) groups excluding carboxylic acids is 1. The van der Waals surface area contributed by atoms with Gasteiger partial charge in [0, 0.05) is 12.1 Å². The van der Waals surface area contributed by atoms with Gasteiger partial charge in [-0.15, -0.1) is 0 Å². The number of hydrogen-bond acceptors (Lipinski definition) is 4. The molecule has 1 heterocycles. The van der Waals surface area contributed by atoms with Crippen molar-refractivity contribution < 1.29 is 13.6 Å². The minimum atomic E-state index is -0.949. The Kier molecular flexibility index (Phi) is 7.19. The smallest absolute Gasteiger partial charge is 0.346 e. The van der Waals surface area contributed by atoms with Crippen molar-refractivity contribution in [2.24, 2.45) is 0 Å². The minimum absolute atomic E-state index is 0.00968. The van der Waals surface area contributed by atoms with Crippen LogP contribution in [0.15, 0.2) is 82.4 Å². The first-order valence-electron chi connectivity index (χ1n) is 11.3. The van der Waals surface area contributed by atoms with Crippen molar-refractivity contribution in [1.29, 1.82) is 0 Å². The molecule has 7 nitrogen and oxygen atoms in total. The molecule has 9 heteroatoms. The van der Waals surface area contributed by atoms with Crippen LogP contribution in [0.2, 0.25) is 0 Å². The first kappa shape index (κ1) is 24.7. The van der Waals surface area contributed by atoms with Crippen molar-refractivity contribution in [3.05, 3.63) is 128 Å². The number of rotatable bonds is 7. The summed E-state index contributed by atoms with van der Waals surface area (Å²) in [5.74, 6) is -1.57. The molecule has 0 saturated heterocycles. The van der Waals surface area contributed by atoms with Crippen molar-refractivity contribution in [1.82, 2.24) is 19.7 Å². The molecule has 4 aromatic rings. The third-order valence-corrected chi connectivity index (χ3v) is 5.73. The lowest BCUT2D eigenvalue weighted by molar-refractivity contribution is 0.0941. The summed E-state index contributed by atoms with van der Waals surface area (Å²) in [6, 6.07) is 18.3. The van der Waals surface area contributed by atoms with E-state index in [1.807, 2.05) is 26.0 Å². The van der Waals surface area contributed by atoms with E-state index in [1.165, 1.54) is 42.5 Å². The number of amides is 1. The number of nitrogens with one attached hydrogen (secondary N) is 1. The van der Waals surface area contributed by atoms with Gasteiger partial charge < -0.3 is 5.32 Å². The molecular formula is C27H24F2N4O3. The van der Waals surface area contributed by atoms with Gasteiger partial charge in [-0.05, 0) is 47.4 Å². The maximum absolute atomic E-state index is 14.3. The van der Waals surface area contributed by atoms with Crippen LogP contribution in [0.5, 0.6) is 0 Å². The average Bonchev–Trinajstić information content (AvgIpc) is 2.87. The Morgan fingerprint density at radius 3 is 2.25 bits per heavy atom. The molecule has 4 rings (SSSR count). The van der Waals surface area contributed by atoms with Gasteiger partial charge in [0.1, 0.15) is 11.6 Å². The van der Waals surface area contributed by atoms with Gasteiger partial charge in [-0.25, -0.2) is 13.6 Å². The van der Waals surface area contributed by atoms with Gasteiger partial charge in [-0.1, -0.05) is 56.3 Å². The van der Waals surface area contributed by atoms with E-state index in [2.05, 4.69) is 10.4 Å². The molecular weight excluding hydrogens is 466 g/mol. The van der Waals surface area contributed by atoms with Crippen LogP contribution in [0, 0.1) is 11.6 Å². The van der Waals surface area contributed by atoms with Crippen LogP contribution >= 0.6 is 0 Å². The van der Waals surface area contributed by atoms with Gasteiger partial charge >= 0.3 is 5.69 Å². The Labute approximate surface area is 205 Å². The molecule has 184 valence electrons. The average molecular weight is 491 g/mol.